The predicted octanol–water partition coefficient (Wildman–Crippen LogP) is 15.3. The van der Waals surface area contributed by atoms with Gasteiger partial charge in [0.1, 0.15) is 11.2 Å². The van der Waals surface area contributed by atoms with E-state index < -0.39 is 0 Å². The van der Waals surface area contributed by atoms with Gasteiger partial charge in [0.25, 0.3) is 0 Å². The summed E-state index contributed by atoms with van der Waals surface area (Å²) in [5.74, 6) is 0. The highest BCUT2D eigenvalue weighted by Crippen LogP contribution is 2.44. The highest BCUT2D eigenvalue weighted by atomic mass is 16.3. The van der Waals surface area contributed by atoms with Gasteiger partial charge < -0.3 is 13.7 Å². The number of para-hydroxylation sites is 3. The minimum atomic E-state index is 0.873. The number of hydrogen-bond acceptors (Lipinski definition) is 2. The molecule has 3 heterocycles. The number of fused-ring (bicyclic) bond motifs is 15. The smallest absolute Gasteiger partial charge is 0.137 e. The Kier molecular flexibility index (Phi) is 6.16. The molecule has 0 aliphatic carbocycles. The van der Waals surface area contributed by atoms with Crippen LogP contribution in [-0.4, -0.2) is 4.40 Å². The Morgan fingerprint density at radius 1 is 0.298 bits per heavy atom. The molecular weight excluding hydrogens is 693 g/mol. The molecule has 57 heavy (non-hydrogen) atoms. The molecule has 264 valence electrons. The second-order valence-electron chi connectivity index (χ2n) is 15.3. The summed E-state index contributed by atoms with van der Waals surface area (Å²) in [5.41, 5.74) is 11.1. The van der Waals surface area contributed by atoms with Crippen molar-refractivity contribution in [3.63, 3.8) is 0 Å². The van der Waals surface area contributed by atoms with E-state index in [1.165, 1.54) is 81.5 Å². The van der Waals surface area contributed by atoms with Crippen LogP contribution < -0.4 is 4.90 Å². The van der Waals surface area contributed by atoms with Gasteiger partial charge in [-0.3, -0.25) is 0 Å². The fourth-order valence-electron chi connectivity index (χ4n) is 9.75. The Morgan fingerprint density at radius 2 is 0.789 bits per heavy atom. The molecule has 3 nitrogen and oxygen atoms in total. The van der Waals surface area contributed by atoms with E-state index in [0.29, 0.717) is 0 Å². The topological polar surface area (TPSA) is 20.8 Å². The van der Waals surface area contributed by atoms with Crippen molar-refractivity contribution in [1.29, 1.82) is 0 Å². The van der Waals surface area contributed by atoms with E-state index in [9.17, 15) is 0 Å². The number of aromatic nitrogens is 1. The van der Waals surface area contributed by atoms with Crippen molar-refractivity contribution in [3.8, 4) is 11.1 Å². The molecular formula is C54H32N2O. The van der Waals surface area contributed by atoms with E-state index >= 15 is 0 Å². The first-order chi connectivity index (χ1) is 28.3. The maximum absolute atomic E-state index is 6.44. The Morgan fingerprint density at radius 3 is 1.53 bits per heavy atom. The number of nitrogens with zero attached hydrogens (tertiary/aromatic N) is 2. The molecule has 0 radical (unpaired) electrons. The maximum Gasteiger partial charge on any atom is 0.137 e. The first kappa shape index (κ1) is 30.7. The maximum atomic E-state index is 6.44. The summed E-state index contributed by atoms with van der Waals surface area (Å²) in [6.07, 6.45) is 0. The van der Waals surface area contributed by atoms with E-state index in [1.54, 1.807) is 0 Å². The highest BCUT2D eigenvalue weighted by molar-refractivity contribution is 6.26. The van der Waals surface area contributed by atoms with Gasteiger partial charge in [-0.2, -0.15) is 0 Å². The Labute approximate surface area is 327 Å². The summed E-state index contributed by atoms with van der Waals surface area (Å²) in [6.45, 7) is 0. The largest absolute Gasteiger partial charge is 0.456 e. The summed E-state index contributed by atoms with van der Waals surface area (Å²) < 4.78 is 8.89. The van der Waals surface area contributed by atoms with Gasteiger partial charge in [0.05, 0.1) is 16.6 Å². The molecule has 0 amide bonds. The van der Waals surface area contributed by atoms with Crippen LogP contribution in [0.1, 0.15) is 0 Å². The molecule has 3 heteroatoms. The molecule has 13 aromatic rings. The molecule has 0 N–H and O–H groups in total. The average Bonchev–Trinajstić information content (AvgIpc) is 3.94. The second-order valence-corrected chi connectivity index (χ2v) is 15.3. The zero-order chi connectivity index (χ0) is 37.2. The van der Waals surface area contributed by atoms with Gasteiger partial charge in [-0.05, 0) is 98.0 Å². The van der Waals surface area contributed by atoms with Gasteiger partial charge in [-0.1, -0.05) is 133 Å². The summed E-state index contributed by atoms with van der Waals surface area (Å²) in [5, 5.41) is 15.0. The number of anilines is 3. The lowest BCUT2D eigenvalue weighted by Crippen LogP contribution is -2.09. The van der Waals surface area contributed by atoms with Gasteiger partial charge in [0, 0.05) is 55.4 Å². The third-order valence-corrected chi connectivity index (χ3v) is 12.3. The van der Waals surface area contributed by atoms with Gasteiger partial charge in [0.15, 0.2) is 0 Å². The Hall–Kier alpha value is -7.62. The molecule has 0 atom stereocenters. The average molecular weight is 725 g/mol. The summed E-state index contributed by atoms with van der Waals surface area (Å²) in [6, 6.07) is 70.8. The van der Waals surface area contributed by atoms with Gasteiger partial charge in [-0.25, -0.2) is 0 Å². The van der Waals surface area contributed by atoms with Crippen LogP contribution >= 0.6 is 0 Å². The van der Waals surface area contributed by atoms with E-state index in [0.717, 1.165) is 39.0 Å². The van der Waals surface area contributed by atoms with Crippen LogP contribution in [0.4, 0.5) is 17.1 Å². The molecule has 0 unspecified atom stereocenters. The second kappa shape index (κ2) is 11.5. The fourth-order valence-corrected chi connectivity index (χ4v) is 9.75. The lowest BCUT2D eigenvalue weighted by Gasteiger charge is -2.26. The molecule has 0 saturated heterocycles. The molecule has 10 aromatic carbocycles. The third kappa shape index (κ3) is 4.31. The molecule has 13 rings (SSSR count). The van der Waals surface area contributed by atoms with Crippen LogP contribution in [-0.2, 0) is 0 Å². The number of rotatable bonds is 4. The Balaban J connectivity index is 0.995. The van der Waals surface area contributed by atoms with E-state index in [1.807, 2.05) is 12.1 Å². The molecule has 0 aliphatic heterocycles. The summed E-state index contributed by atoms with van der Waals surface area (Å²) in [4.78, 5) is 2.36. The van der Waals surface area contributed by atoms with E-state index in [4.69, 9.17) is 4.42 Å². The predicted molar refractivity (Wildman–Crippen MR) is 241 cm³/mol. The van der Waals surface area contributed by atoms with E-state index in [2.05, 4.69) is 191 Å². The van der Waals surface area contributed by atoms with Crippen molar-refractivity contribution in [2.24, 2.45) is 0 Å². The van der Waals surface area contributed by atoms with Crippen molar-refractivity contribution in [2.45, 2.75) is 0 Å². The molecule has 0 aliphatic rings. The third-order valence-electron chi connectivity index (χ3n) is 12.3. The van der Waals surface area contributed by atoms with Crippen molar-refractivity contribution in [3.05, 3.63) is 194 Å². The molecule has 0 fully saturated rings. The minimum absolute atomic E-state index is 0.873. The van der Waals surface area contributed by atoms with E-state index in [-0.39, 0.29) is 0 Å². The minimum Gasteiger partial charge on any atom is -0.456 e. The van der Waals surface area contributed by atoms with Crippen molar-refractivity contribution in [1.82, 2.24) is 4.40 Å². The first-order valence-corrected chi connectivity index (χ1v) is 19.6. The van der Waals surface area contributed by atoms with Gasteiger partial charge in [0.2, 0.25) is 0 Å². The van der Waals surface area contributed by atoms with Crippen LogP contribution in [0.5, 0.6) is 0 Å². The Bertz CT molecular complexity index is 3720. The van der Waals surface area contributed by atoms with Crippen LogP contribution in [0.25, 0.3) is 103 Å². The lowest BCUT2D eigenvalue weighted by molar-refractivity contribution is 0.669. The fraction of sp³-hybridized carbons (Fsp3) is 0. The lowest BCUT2D eigenvalue weighted by atomic mass is 9.94. The highest BCUT2D eigenvalue weighted by Gasteiger charge is 2.20. The van der Waals surface area contributed by atoms with Gasteiger partial charge in [-0.15, -0.1) is 0 Å². The zero-order valence-electron chi connectivity index (χ0n) is 30.8. The number of benzene rings is 10. The summed E-state index contributed by atoms with van der Waals surface area (Å²) >= 11 is 0. The van der Waals surface area contributed by atoms with Crippen LogP contribution in [0.2, 0.25) is 0 Å². The number of hydrogen-bond donors (Lipinski definition) is 0. The molecule has 0 saturated carbocycles. The zero-order valence-corrected chi connectivity index (χ0v) is 30.8. The SMILES string of the molecule is c1ccc2c(c1)oc1cc(N(c3ccc(-c4ccc5c6cccc7c8ccccc8n(c5c4)c76)cc3)c3ccc4c5ccccc5c5ccccc5c4c3)ccc12. The number of furan rings is 1. The monoisotopic (exact) mass is 724 g/mol. The molecule has 0 spiro atoms. The van der Waals surface area contributed by atoms with Crippen LogP contribution in [0.15, 0.2) is 199 Å². The first-order valence-electron chi connectivity index (χ1n) is 19.6. The quantitative estimate of drug-likeness (QED) is 0.169. The van der Waals surface area contributed by atoms with Gasteiger partial charge >= 0.3 is 0 Å². The van der Waals surface area contributed by atoms with Crippen LogP contribution in [0.3, 0.4) is 0 Å². The molecule has 0 bridgehead atoms. The van der Waals surface area contributed by atoms with Crippen molar-refractivity contribution < 1.29 is 4.42 Å². The van der Waals surface area contributed by atoms with Crippen molar-refractivity contribution in [2.75, 3.05) is 4.90 Å². The van der Waals surface area contributed by atoms with Crippen molar-refractivity contribution >= 4 is 109 Å². The summed E-state index contributed by atoms with van der Waals surface area (Å²) in [7, 11) is 0. The molecule has 3 aromatic heterocycles. The van der Waals surface area contributed by atoms with Crippen LogP contribution in [0, 0.1) is 0 Å². The standard InChI is InChI=1S/C54H32N2O/c1-2-12-40-38(10-1)39-11-3-4-13-41(39)49-31-36(25-28-42(40)49)55(37-26-29-46-45-15-6-8-19-52(45)57-53(46)32-37)35-23-20-33(21-24-35)34-22-27-44-48-17-9-16-47-43-14-5-7-18-50(43)56(54(47)48)51(44)30-34/h1-32H. The normalized spacial score (nSPS) is 12.2.